The molecule has 0 saturated carbocycles. The van der Waals surface area contributed by atoms with E-state index in [-0.39, 0.29) is 19.8 Å². The summed E-state index contributed by atoms with van der Waals surface area (Å²) in [5.41, 5.74) is -1.60. The summed E-state index contributed by atoms with van der Waals surface area (Å²) in [6.45, 7) is 1.47. The molecule has 1 heterocycles. The van der Waals surface area contributed by atoms with Gasteiger partial charge in [0.15, 0.2) is 6.61 Å². The zero-order valence-electron chi connectivity index (χ0n) is 10.4. The van der Waals surface area contributed by atoms with Crippen molar-refractivity contribution in [2.45, 2.75) is 12.5 Å². The minimum absolute atomic E-state index is 0.0221. The van der Waals surface area contributed by atoms with Gasteiger partial charge in [0.25, 0.3) is 5.54 Å². The molecule has 0 bridgehead atoms. The first kappa shape index (κ1) is 14.4. The monoisotopic (exact) mass is 261 g/mol. The zero-order valence-corrected chi connectivity index (χ0v) is 10.4. The lowest BCUT2D eigenvalue weighted by atomic mass is 10.1. The molecule has 0 spiro atoms. The fourth-order valence-electron chi connectivity index (χ4n) is 1.42. The molecule has 1 atom stereocenters. The minimum atomic E-state index is -1.60. The fourth-order valence-corrected chi connectivity index (χ4v) is 1.42. The highest BCUT2D eigenvalue weighted by Crippen LogP contribution is 2.35. The van der Waals surface area contributed by atoms with Crippen molar-refractivity contribution in [2.24, 2.45) is 0 Å². The average molecular weight is 261 g/mol. The molecule has 0 aromatic carbocycles. The van der Waals surface area contributed by atoms with Gasteiger partial charge in [-0.05, 0) is 6.92 Å². The Morgan fingerprint density at radius 3 is 2.17 bits per heavy atom. The van der Waals surface area contributed by atoms with Gasteiger partial charge in [-0.15, -0.1) is 0 Å². The van der Waals surface area contributed by atoms with E-state index in [1.54, 1.807) is 6.92 Å². The van der Waals surface area contributed by atoms with Crippen molar-refractivity contribution >= 4 is 17.9 Å². The van der Waals surface area contributed by atoms with Gasteiger partial charge in [-0.1, -0.05) is 0 Å². The largest absolute Gasteiger partial charge is 0.467 e. The third-order valence-corrected chi connectivity index (χ3v) is 2.38. The van der Waals surface area contributed by atoms with Crippen molar-refractivity contribution in [2.75, 3.05) is 34.0 Å². The first-order valence-electron chi connectivity index (χ1n) is 5.26. The van der Waals surface area contributed by atoms with Gasteiger partial charge in [0.05, 0.1) is 27.4 Å². The van der Waals surface area contributed by atoms with E-state index in [2.05, 4.69) is 14.2 Å². The summed E-state index contributed by atoms with van der Waals surface area (Å²) in [5, 5.41) is 1.03. The lowest BCUT2D eigenvalue weighted by Gasteiger charge is -2.12. The van der Waals surface area contributed by atoms with Crippen LogP contribution in [-0.4, -0.2) is 62.5 Å². The average Bonchev–Trinajstić information content (AvgIpc) is 3.10. The van der Waals surface area contributed by atoms with Crippen LogP contribution in [0.1, 0.15) is 6.92 Å². The smallest absolute Gasteiger partial charge is 0.341 e. The van der Waals surface area contributed by atoms with E-state index >= 15 is 0 Å². The van der Waals surface area contributed by atoms with Crippen LogP contribution in [0.2, 0.25) is 0 Å². The molecule has 0 aromatic rings. The molecular formula is C10H15NO7. The van der Waals surface area contributed by atoms with E-state index in [9.17, 15) is 14.4 Å². The van der Waals surface area contributed by atoms with Crippen LogP contribution in [0.25, 0.3) is 0 Å². The molecule has 0 amide bonds. The zero-order chi connectivity index (χ0) is 13.8. The number of ether oxygens (including phenoxy) is 3. The highest BCUT2D eigenvalue weighted by Gasteiger charge is 2.68. The van der Waals surface area contributed by atoms with Crippen LogP contribution in [0.3, 0.4) is 0 Å². The first-order chi connectivity index (χ1) is 8.52. The maximum Gasteiger partial charge on any atom is 0.341 e. The molecule has 0 aliphatic carbocycles. The first-order valence-corrected chi connectivity index (χ1v) is 5.26. The van der Waals surface area contributed by atoms with Gasteiger partial charge in [0.2, 0.25) is 0 Å². The van der Waals surface area contributed by atoms with Crippen LogP contribution in [-0.2, 0) is 33.4 Å². The SMILES string of the molecule is CCOC(=O)CON1CC1(C(=O)OC)C(=O)OC. The Hall–Kier alpha value is -1.67. The second-order valence-electron chi connectivity index (χ2n) is 3.46. The topological polar surface area (TPSA) is 91.1 Å². The highest BCUT2D eigenvalue weighted by molar-refractivity contribution is 6.08. The number of nitrogens with zero attached hydrogens (tertiary/aromatic N) is 1. The van der Waals surface area contributed by atoms with Crippen LogP contribution in [0.4, 0.5) is 0 Å². The lowest BCUT2D eigenvalue weighted by molar-refractivity contribution is -0.179. The van der Waals surface area contributed by atoms with Crippen LogP contribution < -0.4 is 0 Å². The quantitative estimate of drug-likeness (QED) is 0.257. The Kier molecular flexibility index (Phi) is 4.62. The van der Waals surface area contributed by atoms with E-state index < -0.39 is 23.4 Å². The molecule has 1 aliphatic rings. The molecule has 1 saturated heterocycles. The molecule has 102 valence electrons. The Labute approximate surface area is 104 Å². The molecule has 0 N–H and O–H groups in total. The van der Waals surface area contributed by atoms with Crippen molar-refractivity contribution in [3.8, 4) is 0 Å². The van der Waals surface area contributed by atoms with Gasteiger partial charge in [0, 0.05) is 0 Å². The van der Waals surface area contributed by atoms with Crippen molar-refractivity contribution in [3.63, 3.8) is 0 Å². The van der Waals surface area contributed by atoms with E-state index in [0.29, 0.717) is 0 Å². The fraction of sp³-hybridized carbons (Fsp3) is 0.700. The van der Waals surface area contributed by atoms with Crippen molar-refractivity contribution in [1.29, 1.82) is 0 Å². The maximum atomic E-state index is 11.5. The van der Waals surface area contributed by atoms with Gasteiger partial charge < -0.3 is 14.2 Å². The van der Waals surface area contributed by atoms with E-state index in [0.717, 1.165) is 19.3 Å². The molecule has 0 aromatic heterocycles. The minimum Gasteiger partial charge on any atom is -0.467 e. The van der Waals surface area contributed by atoms with Crippen LogP contribution >= 0.6 is 0 Å². The number of rotatable bonds is 6. The highest BCUT2D eigenvalue weighted by atomic mass is 16.7. The number of hydrogen-bond acceptors (Lipinski definition) is 8. The summed E-state index contributed by atoms with van der Waals surface area (Å²) in [6, 6.07) is 0. The summed E-state index contributed by atoms with van der Waals surface area (Å²) in [5.74, 6) is -2.18. The van der Waals surface area contributed by atoms with Gasteiger partial charge in [-0.3, -0.25) is 4.84 Å². The lowest BCUT2D eigenvalue weighted by Crippen LogP contribution is -2.40. The molecule has 1 unspecified atom stereocenters. The second-order valence-corrected chi connectivity index (χ2v) is 3.46. The van der Waals surface area contributed by atoms with Crippen LogP contribution in [0, 0.1) is 0 Å². The normalized spacial score (nSPS) is 19.8. The van der Waals surface area contributed by atoms with Crippen molar-refractivity contribution < 1.29 is 33.4 Å². The summed E-state index contributed by atoms with van der Waals surface area (Å²) in [7, 11) is 2.30. The standard InChI is InChI=1S/C10H15NO7/c1-4-17-7(12)5-18-11-6-10(11,8(13)15-2)9(14)16-3/h4-6H2,1-3H3. The third-order valence-electron chi connectivity index (χ3n) is 2.38. The number of hydroxylamine groups is 2. The molecule has 1 rings (SSSR count). The van der Waals surface area contributed by atoms with Crippen molar-refractivity contribution in [3.05, 3.63) is 0 Å². The molecule has 8 heteroatoms. The van der Waals surface area contributed by atoms with Crippen molar-refractivity contribution in [1.82, 2.24) is 5.06 Å². The van der Waals surface area contributed by atoms with Gasteiger partial charge in [-0.25, -0.2) is 14.4 Å². The molecule has 1 aliphatic heterocycles. The third kappa shape index (κ3) is 2.59. The summed E-state index contributed by atoms with van der Waals surface area (Å²) >= 11 is 0. The molecule has 18 heavy (non-hydrogen) atoms. The Morgan fingerprint density at radius 1 is 1.17 bits per heavy atom. The number of carbonyl (C=O) groups excluding carboxylic acids is 3. The molecular weight excluding hydrogens is 246 g/mol. The van der Waals surface area contributed by atoms with Gasteiger partial charge >= 0.3 is 17.9 Å². The molecule has 0 radical (unpaired) electrons. The number of hydrogen-bond donors (Lipinski definition) is 0. The number of methoxy groups -OCH3 is 2. The Bertz CT molecular complexity index is 338. The van der Waals surface area contributed by atoms with E-state index in [1.807, 2.05) is 0 Å². The van der Waals surface area contributed by atoms with Crippen LogP contribution in [0.15, 0.2) is 0 Å². The number of carbonyl (C=O) groups is 3. The van der Waals surface area contributed by atoms with Crippen LogP contribution in [0.5, 0.6) is 0 Å². The number of esters is 3. The molecule has 8 nitrogen and oxygen atoms in total. The summed E-state index contributed by atoms with van der Waals surface area (Å²) in [4.78, 5) is 39.1. The van der Waals surface area contributed by atoms with E-state index in [1.165, 1.54) is 0 Å². The predicted octanol–water partition coefficient (Wildman–Crippen LogP) is -1.12. The van der Waals surface area contributed by atoms with Gasteiger partial charge in [-0.2, -0.15) is 5.06 Å². The Morgan fingerprint density at radius 2 is 1.72 bits per heavy atom. The van der Waals surface area contributed by atoms with Gasteiger partial charge in [0.1, 0.15) is 0 Å². The second kappa shape index (κ2) is 5.78. The predicted molar refractivity (Wildman–Crippen MR) is 56.1 cm³/mol. The Balaban J connectivity index is 2.57. The summed E-state index contributed by atoms with van der Waals surface area (Å²) < 4.78 is 13.7. The maximum absolute atomic E-state index is 11.5. The van der Waals surface area contributed by atoms with E-state index in [4.69, 9.17) is 4.84 Å². The molecule has 1 fully saturated rings. The summed E-state index contributed by atoms with van der Waals surface area (Å²) in [6.07, 6.45) is 0.